The van der Waals surface area contributed by atoms with Crippen molar-refractivity contribution in [1.82, 2.24) is 10.2 Å². The molecule has 1 atom stereocenters. The molecule has 0 saturated carbocycles. The molecule has 1 aliphatic rings. The maximum absolute atomic E-state index is 3.32. The van der Waals surface area contributed by atoms with Crippen molar-refractivity contribution in [3.05, 3.63) is 0 Å². The quantitative estimate of drug-likeness (QED) is 0.698. The fourth-order valence-corrected chi connectivity index (χ4v) is 1.65. The standard InChI is InChI=1S/C11H24N2/c1-9(2)10(3)13(4)6-5-11-7-12-8-11/h9-12H,5-8H2,1-4H3. The van der Waals surface area contributed by atoms with Crippen molar-refractivity contribution in [3.63, 3.8) is 0 Å². The monoisotopic (exact) mass is 184 g/mol. The molecule has 0 aromatic carbocycles. The van der Waals surface area contributed by atoms with Crippen molar-refractivity contribution in [2.75, 3.05) is 26.7 Å². The van der Waals surface area contributed by atoms with Crippen LogP contribution in [-0.2, 0) is 0 Å². The zero-order valence-electron chi connectivity index (χ0n) is 9.51. The summed E-state index contributed by atoms with van der Waals surface area (Å²) in [7, 11) is 2.25. The number of hydrogen-bond acceptors (Lipinski definition) is 2. The lowest BCUT2D eigenvalue weighted by Gasteiger charge is -2.32. The van der Waals surface area contributed by atoms with Crippen molar-refractivity contribution in [3.8, 4) is 0 Å². The Kier molecular flexibility index (Phi) is 4.20. The molecular weight excluding hydrogens is 160 g/mol. The van der Waals surface area contributed by atoms with E-state index in [0.717, 1.165) is 11.8 Å². The van der Waals surface area contributed by atoms with Crippen LogP contribution in [0.1, 0.15) is 27.2 Å². The van der Waals surface area contributed by atoms with Crippen LogP contribution in [-0.4, -0.2) is 37.6 Å². The Hall–Kier alpha value is -0.0800. The van der Waals surface area contributed by atoms with E-state index in [0.29, 0.717) is 6.04 Å². The molecule has 0 radical (unpaired) electrons. The summed E-state index contributed by atoms with van der Waals surface area (Å²) < 4.78 is 0. The number of hydrogen-bond donors (Lipinski definition) is 1. The molecule has 1 aliphatic heterocycles. The topological polar surface area (TPSA) is 15.3 Å². The van der Waals surface area contributed by atoms with Crippen LogP contribution in [0.25, 0.3) is 0 Å². The second kappa shape index (κ2) is 4.97. The smallest absolute Gasteiger partial charge is 0.00868 e. The summed E-state index contributed by atoms with van der Waals surface area (Å²) in [5.41, 5.74) is 0. The lowest BCUT2D eigenvalue weighted by atomic mass is 9.98. The molecule has 1 rings (SSSR count). The molecule has 1 unspecified atom stereocenters. The predicted octanol–water partition coefficient (Wildman–Crippen LogP) is 1.57. The van der Waals surface area contributed by atoms with E-state index in [1.54, 1.807) is 0 Å². The molecule has 1 saturated heterocycles. The van der Waals surface area contributed by atoms with Gasteiger partial charge in [-0.2, -0.15) is 0 Å². The summed E-state index contributed by atoms with van der Waals surface area (Å²) in [5.74, 6) is 1.71. The van der Waals surface area contributed by atoms with Crippen molar-refractivity contribution < 1.29 is 0 Å². The largest absolute Gasteiger partial charge is 0.316 e. The van der Waals surface area contributed by atoms with E-state index in [4.69, 9.17) is 0 Å². The van der Waals surface area contributed by atoms with Gasteiger partial charge in [0.25, 0.3) is 0 Å². The highest BCUT2D eigenvalue weighted by atomic mass is 15.1. The molecule has 0 amide bonds. The van der Waals surface area contributed by atoms with E-state index < -0.39 is 0 Å². The summed E-state index contributed by atoms with van der Waals surface area (Å²) in [6, 6.07) is 0.716. The van der Waals surface area contributed by atoms with Gasteiger partial charge < -0.3 is 10.2 Å². The molecule has 1 heterocycles. The van der Waals surface area contributed by atoms with Gasteiger partial charge in [0.2, 0.25) is 0 Å². The van der Waals surface area contributed by atoms with Gasteiger partial charge in [0.05, 0.1) is 0 Å². The van der Waals surface area contributed by atoms with Crippen LogP contribution in [0.4, 0.5) is 0 Å². The molecule has 0 aliphatic carbocycles. The third-order valence-electron chi connectivity index (χ3n) is 3.42. The molecule has 2 nitrogen and oxygen atoms in total. The second-order valence-corrected chi connectivity index (χ2v) is 4.78. The molecule has 1 N–H and O–H groups in total. The van der Waals surface area contributed by atoms with Crippen molar-refractivity contribution >= 4 is 0 Å². The fourth-order valence-electron chi connectivity index (χ4n) is 1.65. The molecule has 1 fully saturated rings. The average Bonchev–Trinajstić information content (AvgIpc) is 1.99. The maximum atomic E-state index is 3.32. The highest BCUT2D eigenvalue weighted by molar-refractivity contribution is 4.76. The van der Waals surface area contributed by atoms with Gasteiger partial charge in [0.15, 0.2) is 0 Å². The SMILES string of the molecule is CC(C)C(C)N(C)CCC1CNC1. The van der Waals surface area contributed by atoms with E-state index in [2.05, 4.69) is 38.0 Å². The maximum Gasteiger partial charge on any atom is 0.00868 e. The highest BCUT2D eigenvalue weighted by Gasteiger charge is 2.19. The van der Waals surface area contributed by atoms with Gasteiger partial charge in [-0.15, -0.1) is 0 Å². The Morgan fingerprint density at radius 3 is 2.31 bits per heavy atom. The van der Waals surface area contributed by atoms with Crippen LogP contribution in [0.5, 0.6) is 0 Å². The van der Waals surface area contributed by atoms with Crippen molar-refractivity contribution in [1.29, 1.82) is 0 Å². The first-order valence-electron chi connectivity index (χ1n) is 5.52. The van der Waals surface area contributed by atoms with Gasteiger partial charge in [0.1, 0.15) is 0 Å². The Morgan fingerprint density at radius 2 is 1.92 bits per heavy atom. The van der Waals surface area contributed by atoms with Crippen LogP contribution in [0.2, 0.25) is 0 Å². The van der Waals surface area contributed by atoms with E-state index in [9.17, 15) is 0 Å². The first-order valence-corrected chi connectivity index (χ1v) is 5.52. The van der Waals surface area contributed by atoms with E-state index >= 15 is 0 Å². The molecule has 0 aromatic rings. The lowest BCUT2D eigenvalue weighted by molar-refractivity contribution is 0.182. The van der Waals surface area contributed by atoms with Gasteiger partial charge in [0, 0.05) is 6.04 Å². The van der Waals surface area contributed by atoms with Gasteiger partial charge in [-0.05, 0) is 51.9 Å². The molecule has 0 aromatic heterocycles. The zero-order valence-corrected chi connectivity index (χ0v) is 9.51. The molecule has 0 bridgehead atoms. The van der Waals surface area contributed by atoms with Gasteiger partial charge >= 0.3 is 0 Å². The molecule has 0 spiro atoms. The van der Waals surface area contributed by atoms with Gasteiger partial charge in [-0.3, -0.25) is 0 Å². The van der Waals surface area contributed by atoms with Crippen LogP contribution in [0, 0.1) is 11.8 Å². The summed E-state index contributed by atoms with van der Waals surface area (Å²) in [6.45, 7) is 10.7. The van der Waals surface area contributed by atoms with Crippen LogP contribution in [0.15, 0.2) is 0 Å². The summed E-state index contributed by atoms with van der Waals surface area (Å²) >= 11 is 0. The van der Waals surface area contributed by atoms with E-state index in [1.165, 1.54) is 26.1 Å². The Labute approximate surface area is 82.7 Å². The zero-order chi connectivity index (χ0) is 9.84. The summed E-state index contributed by atoms with van der Waals surface area (Å²) in [5, 5.41) is 3.32. The predicted molar refractivity (Wildman–Crippen MR) is 57.9 cm³/mol. The second-order valence-electron chi connectivity index (χ2n) is 4.78. The molecule has 2 heteroatoms. The van der Waals surface area contributed by atoms with Crippen LogP contribution < -0.4 is 5.32 Å². The van der Waals surface area contributed by atoms with Gasteiger partial charge in [-0.25, -0.2) is 0 Å². The van der Waals surface area contributed by atoms with Gasteiger partial charge in [-0.1, -0.05) is 13.8 Å². The lowest BCUT2D eigenvalue weighted by Crippen LogP contribution is -2.44. The highest BCUT2D eigenvalue weighted by Crippen LogP contribution is 2.12. The Balaban J connectivity index is 2.11. The normalized spacial score (nSPS) is 20.8. The Bertz CT molecular complexity index is 141. The minimum atomic E-state index is 0.716. The van der Waals surface area contributed by atoms with Crippen LogP contribution in [0.3, 0.4) is 0 Å². The first kappa shape index (κ1) is 11.0. The summed E-state index contributed by atoms with van der Waals surface area (Å²) in [4.78, 5) is 2.49. The number of nitrogens with zero attached hydrogens (tertiary/aromatic N) is 1. The number of rotatable bonds is 5. The molecule has 13 heavy (non-hydrogen) atoms. The third kappa shape index (κ3) is 3.28. The van der Waals surface area contributed by atoms with Crippen molar-refractivity contribution in [2.24, 2.45) is 11.8 Å². The fraction of sp³-hybridized carbons (Fsp3) is 1.00. The molecular formula is C11H24N2. The Morgan fingerprint density at radius 1 is 1.31 bits per heavy atom. The van der Waals surface area contributed by atoms with Crippen LogP contribution >= 0.6 is 0 Å². The van der Waals surface area contributed by atoms with Crippen molar-refractivity contribution in [2.45, 2.75) is 33.2 Å². The molecule has 78 valence electrons. The average molecular weight is 184 g/mol. The van der Waals surface area contributed by atoms with E-state index in [-0.39, 0.29) is 0 Å². The van der Waals surface area contributed by atoms with E-state index in [1.807, 2.05) is 0 Å². The minimum absolute atomic E-state index is 0.716. The summed E-state index contributed by atoms with van der Waals surface area (Å²) in [6.07, 6.45) is 1.36. The first-order chi connectivity index (χ1) is 6.11. The minimum Gasteiger partial charge on any atom is -0.316 e. The third-order valence-corrected chi connectivity index (χ3v) is 3.42. The number of nitrogens with one attached hydrogen (secondary N) is 1.